The summed E-state index contributed by atoms with van der Waals surface area (Å²) < 4.78 is 0. The van der Waals surface area contributed by atoms with E-state index in [1.165, 1.54) is 18.1 Å². The first-order valence-electron chi connectivity index (χ1n) is 6.13. The van der Waals surface area contributed by atoms with Gasteiger partial charge in [-0.2, -0.15) is 5.10 Å². The molecule has 5 nitrogen and oxygen atoms in total. The molecule has 0 unspecified atom stereocenters. The normalized spacial score (nSPS) is 12.1. The van der Waals surface area contributed by atoms with Gasteiger partial charge in [0.15, 0.2) is 5.16 Å². The van der Waals surface area contributed by atoms with Crippen LogP contribution in [-0.2, 0) is 11.3 Å². The zero-order valence-corrected chi connectivity index (χ0v) is 11.5. The largest absolute Gasteiger partial charge is 0.351 e. The third kappa shape index (κ3) is 4.10. The van der Waals surface area contributed by atoms with Crippen LogP contribution in [0.5, 0.6) is 0 Å². The van der Waals surface area contributed by atoms with Gasteiger partial charge < -0.3 is 5.32 Å². The van der Waals surface area contributed by atoms with E-state index in [1.807, 2.05) is 37.3 Å². The Morgan fingerprint density at radius 1 is 1.42 bits per heavy atom. The minimum atomic E-state index is -0.156. The molecule has 19 heavy (non-hydrogen) atoms. The zero-order valence-electron chi connectivity index (χ0n) is 10.7. The van der Waals surface area contributed by atoms with Crippen molar-refractivity contribution in [3.05, 3.63) is 42.2 Å². The Hall–Kier alpha value is -1.82. The number of hydrogen-bond acceptors (Lipinski definition) is 4. The molecule has 0 aliphatic heterocycles. The molecule has 0 bridgehead atoms. The maximum Gasteiger partial charge on any atom is 0.233 e. The Morgan fingerprint density at radius 2 is 2.21 bits per heavy atom. The molecule has 0 spiro atoms. The highest BCUT2D eigenvalue weighted by Gasteiger charge is 2.18. The van der Waals surface area contributed by atoms with Gasteiger partial charge in [0.1, 0.15) is 6.33 Å². The van der Waals surface area contributed by atoms with Crippen LogP contribution < -0.4 is 5.32 Å². The fourth-order valence-electron chi connectivity index (χ4n) is 1.61. The standard InChI is InChI=1S/C13H16N4OS/c1-2-11(19-13-15-9-16-17-13)12(18)14-8-10-6-4-3-5-7-10/h3-7,9,11H,2,8H2,1H3,(H,14,18)(H,15,16,17)/t11-/m1/s1. The van der Waals surface area contributed by atoms with Gasteiger partial charge in [-0.1, -0.05) is 49.0 Å². The molecule has 2 aromatic rings. The maximum absolute atomic E-state index is 12.1. The van der Waals surface area contributed by atoms with Crippen molar-refractivity contribution in [2.24, 2.45) is 0 Å². The van der Waals surface area contributed by atoms with E-state index in [2.05, 4.69) is 20.5 Å². The second-order valence-corrected chi connectivity index (χ2v) is 5.20. The third-order valence-corrected chi connectivity index (χ3v) is 3.87. The first-order chi connectivity index (χ1) is 9.29. The number of H-pyrrole nitrogens is 1. The summed E-state index contributed by atoms with van der Waals surface area (Å²) in [5.41, 5.74) is 1.09. The van der Waals surface area contributed by atoms with Crippen LogP contribution in [0.25, 0.3) is 0 Å². The van der Waals surface area contributed by atoms with Gasteiger partial charge >= 0.3 is 0 Å². The molecule has 1 aromatic heterocycles. The van der Waals surface area contributed by atoms with Crippen LogP contribution >= 0.6 is 11.8 Å². The number of hydrogen-bond donors (Lipinski definition) is 2. The highest BCUT2D eigenvalue weighted by Crippen LogP contribution is 2.21. The van der Waals surface area contributed by atoms with Crippen molar-refractivity contribution < 1.29 is 4.79 Å². The summed E-state index contributed by atoms with van der Waals surface area (Å²) in [5.74, 6) is 0.0211. The van der Waals surface area contributed by atoms with Gasteiger partial charge in [0.25, 0.3) is 0 Å². The molecule has 1 amide bonds. The molecular weight excluding hydrogens is 260 g/mol. The number of nitrogens with one attached hydrogen (secondary N) is 2. The van der Waals surface area contributed by atoms with Crippen molar-refractivity contribution in [2.45, 2.75) is 30.3 Å². The van der Waals surface area contributed by atoms with Gasteiger partial charge in [0.2, 0.25) is 5.91 Å². The molecular formula is C13H16N4OS. The van der Waals surface area contributed by atoms with Crippen LogP contribution in [0.3, 0.4) is 0 Å². The van der Waals surface area contributed by atoms with Crippen LogP contribution in [0.2, 0.25) is 0 Å². The summed E-state index contributed by atoms with van der Waals surface area (Å²) in [5, 5.41) is 9.98. The Kier molecular flexibility index (Phi) is 4.97. The van der Waals surface area contributed by atoms with Gasteiger partial charge in [0, 0.05) is 6.54 Å². The first-order valence-corrected chi connectivity index (χ1v) is 7.01. The van der Waals surface area contributed by atoms with E-state index < -0.39 is 0 Å². The number of rotatable bonds is 6. The molecule has 0 fully saturated rings. The topological polar surface area (TPSA) is 70.7 Å². The predicted octanol–water partition coefficient (Wildman–Crippen LogP) is 1.99. The second kappa shape index (κ2) is 6.94. The lowest BCUT2D eigenvalue weighted by Gasteiger charge is -2.13. The summed E-state index contributed by atoms with van der Waals surface area (Å²) >= 11 is 1.40. The number of thioether (sulfide) groups is 1. The van der Waals surface area contributed by atoms with Crippen molar-refractivity contribution in [3.63, 3.8) is 0 Å². The van der Waals surface area contributed by atoms with Crippen LogP contribution in [0.4, 0.5) is 0 Å². The molecule has 1 aromatic carbocycles. The van der Waals surface area contributed by atoms with E-state index in [0.717, 1.165) is 12.0 Å². The summed E-state index contributed by atoms with van der Waals surface area (Å²) in [7, 11) is 0. The second-order valence-electron chi connectivity index (χ2n) is 4.01. The number of aromatic nitrogens is 3. The number of amides is 1. The minimum absolute atomic E-state index is 0.0211. The highest BCUT2D eigenvalue weighted by atomic mass is 32.2. The third-order valence-electron chi connectivity index (χ3n) is 2.62. The number of benzene rings is 1. The Bertz CT molecular complexity index is 501. The van der Waals surface area contributed by atoms with E-state index in [4.69, 9.17) is 0 Å². The quantitative estimate of drug-likeness (QED) is 0.792. The predicted molar refractivity (Wildman–Crippen MR) is 74.6 cm³/mol. The SMILES string of the molecule is CC[C@@H](Sc1ncn[nH]1)C(=O)NCc1ccccc1. The molecule has 2 N–H and O–H groups in total. The van der Waals surface area contributed by atoms with Crippen LogP contribution in [-0.4, -0.2) is 26.3 Å². The summed E-state index contributed by atoms with van der Waals surface area (Å²) in [4.78, 5) is 16.1. The first kappa shape index (κ1) is 13.6. The van der Waals surface area contributed by atoms with Gasteiger partial charge in [0.05, 0.1) is 5.25 Å². The molecule has 100 valence electrons. The Balaban J connectivity index is 1.87. The molecule has 0 saturated heterocycles. The van der Waals surface area contributed by atoms with Crippen molar-refractivity contribution in [3.8, 4) is 0 Å². The maximum atomic E-state index is 12.1. The molecule has 0 aliphatic carbocycles. The lowest BCUT2D eigenvalue weighted by Crippen LogP contribution is -2.31. The molecule has 1 heterocycles. The summed E-state index contributed by atoms with van der Waals surface area (Å²) in [6.07, 6.45) is 2.18. The van der Waals surface area contributed by atoms with Crippen molar-refractivity contribution in [2.75, 3.05) is 0 Å². The van der Waals surface area contributed by atoms with Crippen LogP contribution in [0.1, 0.15) is 18.9 Å². The molecule has 0 aliphatic rings. The monoisotopic (exact) mass is 276 g/mol. The van der Waals surface area contributed by atoms with E-state index in [0.29, 0.717) is 11.7 Å². The molecule has 2 rings (SSSR count). The van der Waals surface area contributed by atoms with Gasteiger partial charge in [-0.3, -0.25) is 9.89 Å². The number of nitrogens with zero attached hydrogens (tertiary/aromatic N) is 2. The minimum Gasteiger partial charge on any atom is -0.351 e. The van der Waals surface area contributed by atoms with E-state index >= 15 is 0 Å². The number of carbonyl (C=O) groups is 1. The lowest BCUT2D eigenvalue weighted by molar-refractivity contribution is -0.120. The van der Waals surface area contributed by atoms with Crippen molar-refractivity contribution in [1.29, 1.82) is 0 Å². The highest BCUT2D eigenvalue weighted by molar-refractivity contribution is 8.00. The molecule has 0 saturated carbocycles. The zero-order chi connectivity index (χ0) is 13.5. The fourth-order valence-corrected chi connectivity index (χ4v) is 2.45. The number of aromatic amines is 1. The Labute approximate surface area is 116 Å². The van der Waals surface area contributed by atoms with Crippen LogP contribution in [0, 0.1) is 0 Å². The van der Waals surface area contributed by atoms with Gasteiger partial charge in [-0.05, 0) is 12.0 Å². The van der Waals surface area contributed by atoms with Crippen LogP contribution in [0.15, 0.2) is 41.8 Å². The average molecular weight is 276 g/mol. The van der Waals surface area contributed by atoms with Crippen molar-refractivity contribution in [1.82, 2.24) is 20.5 Å². The van der Waals surface area contributed by atoms with Crippen molar-refractivity contribution >= 4 is 17.7 Å². The molecule has 6 heteroatoms. The molecule has 1 atom stereocenters. The van der Waals surface area contributed by atoms with Gasteiger partial charge in [-0.25, -0.2) is 4.98 Å². The van der Waals surface area contributed by atoms with E-state index in [-0.39, 0.29) is 11.2 Å². The number of carbonyl (C=O) groups excluding carboxylic acids is 1. The average Bonchev–Trinajstić information content (AvgIpc) is 2.96. The lowest BCUT2D eigenvalue weighted by atomic mass is 10.2. The Morgan fingerprint density at radius 3 is 2.84 bits per heavy atom. The van der Waals surface area contributed by atoms with E-state index in [9.17, 15) is 4.79 Å². The summed E-state index contributed by atoms with van der Waals surface area (Å²) in [6, 6.07) is 9.86. The molecule has 0 radical (unpaired) electrons. The fraction of sp³-hybridized carbons (Fsp3) is 0.308. The van der Waals surface area contributed by atoms with Gasteiger partial charge in [-0.15, -0.1) is 0 Å². The summed E-state index contributed by atoms with van der Waals surface area (Å²) in [6.45, 7) is 2.53. The van der Waals surface area contributed by atoms with E-state index in [1.54, 1.807) is 0 Å². The smallest absolute Gasteiger partial charge is 0.233 e.